The summed E-state index contributed by atoms with van der Waals surface area (Å²) in [5.74, 6) is -0.234. The quantitative estimate of drug-likeness (QED) is 0.683. The van der Waals surface area contributed by atoms with Crippen LogP contribution in [0.25, 0.3) is 0 Å². The van der Waals surface area contributed by atoms with Crippen molar-refractivity contribution in [1.82, 2.24) is 10.6 Å². The molecule has 1 aliphatic heterocycles. The third-order valence-corrected chi connectivity index (χ3v) is 3.72. The fourth-order valence-electron chi connectivity index (χ4n) is 2.37. The number of guanidine groups is 1. The van der Waals surface area contributed by atoms with Crippen LogP contribution in [0.15, 0.2) is 71.9 Å². The van der Waals surface area contributed by atoms with Crippen molar-refractivity contribution in [3.63, 3.8) is 0 Å². The predicted octanol–water partition coefficient (Wildman–Crippen LogP) is 2.04. The zero-order chi connectivity index (χ0) is 18.9. The van der Waals surface area contributed by atoms with Crippen LogP contribution >= 0.6 is 0 Å². The van der Waals surface area contributed by atoms with E-state index >= 15 is 0 Å². The second-order valence-corrected chi connectivity index (χ2v) is 5.77. The first-order chi connectivity index (χ1) is 13.2. The Morgan fingerprint density at radius 2 is 1.96 bits per heavy atom. The molecule has 2 aromatic carbocycles. The number of nitrogens with zero attached hydrogens (tertiary/aromatic N) is 1. The van der Waals surface area contributed by atoms with Gasteiger partial charge in [-0.2, -0.15) is 0 Å². The third kappa shape index (κ3) is 5.71. The highest BCUT2D eigenvalue weighted by molar-refractivity contribution is 5.99. The molecule has 0 bridgehead atoms. The number of nitrogens with one attached hydrogen (secondary N) is 3. The molecule has 3 rings (SSSR count). The van der Waals surface area contributed by atoms with E-state index < -0.39 is 5.97 Å². The molecule has 0 unspecified atom stereocenters. The van der Waals surface area contributed by atoms with Gasteiger partial charge in [0.2, 0.25) is 0 Å². The Balaban J connectivity index is 1.48. The predicted molar refractivity (Wildman–Crippen MR) is 103 cm³/mol. The number of anilines is 1. The molecule has 0 aromatic heterocycles. The summed E-state index contributed by atoms with van der Waals surface area (Å²) in [4.78, 5) is 28.3. The van der Waals surface area contributed by atoms with Crippen LogP contribution < -0.4 is 16.0 Å². The van der Waals surface area contributed by atoms with E-state index in [2.05, 4.69) is 20.9 Å². The summed E-state index contributed by atoms with van der Waals surface area (Å²) in [5.41, 5.74) is 2.05. The largest absolute Gasteiger partial charge is 0.460 e. The number of hydrogen-bond donors (Lipinski definition) is 3. The van der Waals surface area contributed by atoms with Gasteiger partial charge >= 0.3 is 5.97 Å². The number of benzene rings is 2. The molecule has 7 heteroatoms. The maximum atomic E-state index is 12.3. The number of carbonyl (C=O) groups excluding carboxylic acids is 2. The zero-order valence-electron chi connectivity index (χ0n) is 14.6. The highest BCUT2D eigenvalue weighted by atomic mass is 16.5. The second-order valence-electron chi connectivity index (χ2n) is 5.77. The summed E-state index contributed by atoms with van der Waals surface area (Å²) in [6, 6.07) is 16.3. The number of ether oxygens (including phenoxy) is 1. The number of amides is 1. The molecule has 0 aliphatic carbocycles. The lowest BCUT2D eigenvalue weighted by molar-refractivity contribution is -0.143. The summed E-state index contributed by atoms with van der Waals surface area (Å²) in [7, 11) is 0. The van der Waals surface area contributed by atoms with Crippen molar-refractivity contribution in [1.29, 1.82) is 0 Å². The molecule has 1 heterocycles. The third-order valence-electron chi connectivity index (χ3n) is 3.72. The molecular formula is C20H20N4O3. The van der Waals surface area contributed by atoms with Gasteiger partial charge in [-0.1, -0.05) is 36.4 Å². The van der Waals surface area contributed by atoms with Gasteiger partial charge in [-0.3, -0.25) is 9.59 Å². The Bertz CT molecular complexity index is 863. The molecule has 7 nitrogen and oxygen atoms in total. The average molecular weight is 364 g/mol. The van der Waals surface area contributed by atoms with Gasteiger partial charge in [0, 0.05) is 17.5 Å². The topological polar surface area (TPSA) is 91.8 Å². The lowest BCUT2D eigenvalue weighted by Crippen LogP contribution is -2.31. The molecule has 1 amide bonds. The molecule has 27 heavy (non-hydrogen) atoms. The van der Waals surface area contributed by atoms with Crippen LogP contribution in [0.5, 0.6) is 0 Å². The maximum Gasteiger partial charge on any atom is 0.325 e. The standard InChI is InChI=1S/C20H20N4O3/c25-18(27-14-15-6-2-1-3-7-15)13-23-19(26)16-8-4-9-17(12-16)24-20-21-10-5-11-22-20/h1-10,12H,11,13-14H2,(H,23,26)(H2,21,22,24). The fourth-order valence-corrected chi connectivity index (χ4v) is 2.37. The van der Waals surface area contributed by atoms with E-state index in [4.69, 9.17) is 4.74 Å². The fraction of sp³-hybridized carbons (Fsp3) is 0.150. The molecule has 0 saturated carbocycles. The molecule has 0 atom stereocenters. The molecule has 0 saturated heterocycles. The van der Waals surface area contributed by atoms with Crippen LogP contribution in [-0.4, -0.2) is 30.9 Å². The Labute approximate surface area is 157 Å². The summed E-state index contributed by atoms with van der Waals surface area (Å²) in [6.07, 6.45) is 3.69. The molecule has 1 aliphatic rings. The minimum Gasteiger partial charge on any atom is -0.460 e. The first-order valence-electron chi connectivity index (χ1n) is 8.51. The first kappa shape index (κ1) is 18.2. The lowest BCUT2D eigenvalue weighted by atomic mass is 10.2. The van der Waals surface area contributed by atoms with Crippen molar-refractivity contribution >= 4 is 23.5 Å². The van der Waals surface area contributed by atoms with Crippen molar-refractivity contribution in [3.8, 4) is 0 Å². The highest BCUT2D eigenvalue weighted by Crippen LogP contribution is 2.11. The van der Waals surface area contributed by atoms with Gasteiger partial charge in [-0.15, -0.1) is 0 Å². The molecule has 2 aromatic rings. The van der Waals surface area contributed by atoms with E-state index in [1.807, 2.05) is 42.5 Å². The Morgan fingerprint density at radius 3 is 2.74 bits per heavy atom. The van der Waals surface area contributed by atoms with Crippen LogP contribution in [0, 0.1) is 0 Å². The van der Waals surface area contributed by atoms with Crippen LogP contribution in [0.4, 0.5) is 5.69 Å². The molecule has 0 spiro atoms. The monoisotopic (exact) mass is 364 g/mol. The van der Waals surface area contributed by atoms with Crippen molar-refractivity contribution in [2.45, 2.75) is 6.61 Å². The minimum atomic E-state index is -0.492. The summed E-state index contributed by atoms with van der Waals surface area (Å²) < 4.78 is 5.14. The van der Waals surface area contributed by atoms with E-state index in [-0.39, 0.29) is 19.1 Å². The average Bonchev–Trinajstić information content (AvgIpc) is 2.72. The minimum absolute atomic E-state index is 0.179. The molecule has 138 valence electrons. The van der Waals surface area contributed by atoms with Crippen molar-refractivity contribution in [3.05, 3.63) is 78.0 Å². The van der Waals surface area contributed by atoms with E-state index in [0.717, 1.165) is 11.3 Å². The van der Waals surface area contributed by atoms with Gasteiger partial charge in [0.1, 0.15) is 13.2 Å². The second kappa shape index (κ2) is 9.19. The number of carbonyl (C=O) groups is 2. The van der Waals surface area contributed by atoms with Crippen LogP contribution in [0.1, 0.15) is 15.9 Å². The molecule has 3 N–H and O–H groups in total. The number of rotatable bonds is 6. The van der Waals surface area contributed by atoms with Gasteiger partial charge in [-0.25, -0.2) is 4.99 Å². The smallest absolute Gasteiger partial charge is 0.325 e. The highest BCUT2D eigenvalue weighted by Gasteiger charge is 2.10. The van der Waals surface area contributed by atoms with Crippen molar-refractivity contribution in [2.24, 2.45) is 4.99 Å². The summed E-state index contributed by atoms with van der Waals surface area (Å²) in [5, 5.41) is 8.64. The van der Waals surface area contributed by atoms with E-state index in [1.54, 1.807) is 24.4 Å². The van der Waals surface area contributed by atoms with Crippen molar-refractivity contribution < 1.29 is 14.3 Å². The van der Waals surface area contributed by atoms with Crippen LogP contribution in [0.2, 0.25) is 0 Å². The van der Waals surface area contributed by atoms with Gasteiger partial charge in [0.05, 0.1) is 6.54 Å². The summed E-state index contributed by atoms with van der Waals surface area (Å²) >= 11 is 0. The lowest BCUT2D eigenvalue weighted by Gasteiger charge is -2.13. The Morgan fingerprint density at radius 1 is 1.11 bits per heavy atom. The maximum absolute atomic E-state index is 12.3. The van der Waals surface area contributed by atoms with E-state index in [9.17, 15) is 9.59 Å². The Kier molecular flexibility index (Phi) is 6.19. The molecule has 0 fully saturated rings. The SMILES string of the molecule is O=C(CNC(=O)c1cccc(NC2=NCC=CN2)c1)OCc1ccccc1. The van der Waals surface area contributed by atoms with Gasteiger partial charge in [0.15, 0.2) is 5.96 Å². The van der Waals surface area contributed by atoms with Gasteiger partial charge < -0.3 is 20.7 Å². The zero-order valence-corrected chi connectivity index (χ0v) is 14.6. The van der Waals surface area contributed by atoms with Gasteiger partial charge in [0.25, 0.3) is 5.91 Å². The summed E-state index contributed by atoms with van der Waals surface area (Å²) in [6.45, 7) is 0.585. The normalized spacial score (nSPS) is 12.5. The van der Waals surface area contributed by atoms with Crippen LogP contribution in [0.3, 0.4) is 0 Å². The number of esters is 1. The number of hydrogen-bond acceptors (Lipinski definition) is 6. The van der Waals surface area contributed by atoms with Crippen LogP contribution in [-0.2, 0) is 16.1 Å². The molecule has 0 radical (unpaired) electrons. The Hall–Kier alpha value is -3.61. The number of aliphatic imine (C=N–C) groups is 1. The van der Waals surface area contributed by atoms with E-state index in [1.165, 1.54) is 0 Å². The van der Waals surface area contributed by atoms with E-state index in [0.29, 0.717) is 18.1 Å². The van der Waals surface area contributed by atoms with Gasteiger partial charge in [-0.05, 0) is 29.8 Å². The first-order valence-corrected chi connectivity index (χ1v) is 8.51. The molecular weight excluding hydrogens is 344 g/mol. The van der Waals surface area contributed by atoms with Crippen molar-refractivity contribution in [2.75, 3.05) is 18.4 Å².